The summed E-state index contributed by atoms with van der Waals surface area (Å²) in [5, 5.41) is 17.5. The van der Waals surface area contributed by atoms with Crippen molar-refractivity contribution < 1.29 is 23.1 Å². The van der Waals surface area contributed by atoms with E-state index in [9.17, 15) is 18.0 Å². The van der Waals surface area contributed by atoms with Crippen LogP contribution in [0.3, 0.4) is 0 Å². The molecule has 0 aliphatic rings. The van der Waals surface area contributed by atoms with Gasteiger partial charge in [-0.3, -0.25) is 4.68 Å². The number of aryl methyl sites for hydroxylation is 1. The number of carboxylic acid groups (broad SMARTS) is 1. The van der Waals surface area contributed by atoms with Gasteiger partial charge in [0.25, 0.3) is 0 Å². The van der Waals surface area contributed by atoms with Crippen molar-refractivity contribution in [1.82, 2.24) is 30.0 Å². The van der Waals surface area contributed by atoms with Crippen molar-refractivity contribution in [3.8, 4) is 11.4 Å². The second kappa shape index (κ2) is 7.50. The molecule has 2 aromatic heterocycles. The first-order valence-electron chi connectivity index (χ1n) is 7.85. The largest absolute Gasteiger partial charge is 0.465 e. The molecule has 3 aromatic rings. The summed E-state index contributed by atoms with van der Waals surface area (Å²) in [7, 11) is 1.73. The molecule has 9 nitrogen and oxygen atoms in total. The van der Waals surface area contributed by atoms with Crippen LogP contribution in [-0.4, -0.2) is 35.9 Å². The molecule has 0 saturated carbocycles. The maximum Gasteiger partial charge on any atom is 0.416 e. The van der Waals surface area contributed by atoms with Crippen LogP contribution in [0.25, 0.3) is 11.4 Å². The minimum Gasteiger partial charge on any atom is -0.465 e. The first-order valence-corrected chi connectivity index (χ1v) is 7.85. The molecule has 0 radical (unpaired) electrons. The minimum atomic E-state index is -4.67. The molecular weight excluding hydrogens is 379 g/mol. The van der Waals surface area contributed by atoms with E-state index in [1.807, 2.05) is 5.32 Å². The Hall–Kier alpha value is -3.70. The molecule has 1 amide bonds. The number of anilines is 2. The van der Waals surface area contributed by atoms with E-state index in [2.05, 4.69) is 25.4 Å². The van der Waals surface area contributed by atoms with Crippen molar-refractivity contribution in [2.24, 2.45) is 7.05 Å². The average molecular weight is 393 g/mol. The summed E-state index contributed by atoms with van der Waals surface area (Å²) in [6.45, 7) is -0.478. The van der Waals surface area contributed by atoms with E-state index >= 15 is 0 Å². The summed E-state index contributed by atoms with van der Waals surface area (Å²) < 4.78 is 41.7. The third-order valence-electron chi connectivity index (χ3n) is 3.63. The fourth-order valence-corrected chi connectivity index (χ4v) is 2.40. The number of nitrogens with zero attached hydrogens (tertiary/aromatic N) is 5. The smallest absolute Gasteiger partial charge is 0.416 e. The van der Waals surface area contributed by atoms with Crippen LogP contribution >= 0.6 is 0 Å². The van der Waals surface area contributed by atoms with Crippen molar-refractivity contribution in [3.63, 3.8) is 0 Å². The molecule has 2 heterocycles. The Balaban J connectivity index is 1.92. The molecule has 0 saturated heterocycles. The second-order valence-corrected chi connectivity index (χ2v) is 5.66. The van der Waals surface area contributed by atoms with Crippen molar-refractivity contribution in [2.75, 3.05) is 5.32 Å². The van der Waals surface area contributed by atoms with Gasteiger partial charge in [-0.15, -0.1) is 0 Å². The molecule has 12 heteroatoms. The second-order valence-electron chi connectivity index (χ2n) is 5.66. The lowest BCUT2D eigenvalue weighted by Gasteiger charge is -2.14. The highest BCUT2D eigenvalue weighted by Gasteiger charge is 2.34. The van der Waals surface area contributed by atoms with Crippen molar-refractivity contribution >= 4 is 17.9 Å². The molecule has 146 valence electrons. The summed E-state index contributed by atoms with van der Waals surface area (Å²) in [5.74, 6) is 0.608. The molecule has 3 N–H and O–H groups in total. The van der Waals surface area contributed by atoms with E-state index in [-0.39, 0.29) is 22.9 Å². The van der Waals surface area contributed by atoms with Crippen molar-refractivity contribution in [2.45, 2.75) is 12.7 Å². The monoisotopic (exact) mass is 393 g/mol. The normalized spacial score (nSPS) is 11.3. The van der Waals surface area contributed by atoms with Crippen LogP contribution < -0.4 is 10.6 Å². The van der Waals surface area contributed by atoms with Gasteiger partial charge < -0.3 is 15.7 Å². The molecule has 28 heavy (non-hydrogen) atoms. The average Bonchev–Trinajstić information content (AvgIpc) is 3.04. The van der Waals surface area contributed by atoms with Gasteiger partial charge >= 0.3 is 12.3 Å². The van der Waals surface area contributed by atoms with Gasteiger partial charge in [0, 0.05) is 31.4 Å². The van der Waals surface area contributed by atoms with Crippen molar-refractivity contribution in [3.05, 3.63) is 47.9 Å². The van der Waals surface area contributed by atoms with Gasteiger partial charge in [-0.1, -0.05) is 12.1 Å². The van der Waals surface area contributed by atoms with Crippen LogP contribution in [0.4, 0.5) is 29.7 Å². The molecule has 0 fully saturated rings. The summed E-state index contributed by atoms with van der Waals surface area (Å²) in [6.07, 6.45) is -3.22. The fraction of sp³-hybridized carbons (Fsp3) is 0.188. The minimum absolute atomic E-state index is 0.0247. The number of hydrogen-bond donors (Lipinski definition) is 3. The number of hydrogen-bond acceptors (Lipinski definition) is 6. The number of aromatic nitrogens is 5. The third kappa shape index (κ3) is 4.52. The van der Waals surface area contributed by atoms with Gasteiger partial charge in [0.05, 0.1) is 5.56 Å². The maximum absolute atomic E-state index is 13.4. The Labute approximate surface area is 156 Å². The van der Waals surface area contributed by atoms with Gasteiger partial charge in [-0.2, -0.15) is 23.3 Å². The first kappa shape index (κ1) is 19.1. The van der Waals surface area contributed by atoms with E-state index in [4.69, 9.17) is 5.11 Å². The number of nitrogens with one attached hydrogen (secondary N) is 2. The predicted molar refractivity (Wildman–Crippen MR) is 91.6 cm³/mol. The molecule has 0 aliphatic carbocycles. The van der Waals surface area contributed by atoms with E-state index in [0.717, 1.165) is 6.07 Å². The van der Waals surface area contributed by atoms with E-state index in [0.29, 0.717) is 5.82 Å². The van der Waals surface area contributed by atoms with E-state index in [1.54, 1.807) is 24.0 Å². The molecule has 0 spiro atoms. The molecule has 0 atom stereocenters. The van der Waals surface area contributed by atoms with Gasteiger partial charge in [0.2, 0.25) is 5.95 Å². The van der Waals surface area contributed by atoms with E-state index < -0.39 is 24.4 Å². The van der Waals surface area contributed by atoms with Crippen LogP contribution in [0.2, 0.25) is 0 Å². The Morgan fingerprint density at radius 2 is 2.04 bits per heavy atom. The topological polar surface area (TPSA) is 118 Å². The van der Waals surface area contributed by atoms with Crippen LogP contribution in [0.15, 0.2) is 36.8 Å². The number of rotatable bonds is 5. The van der Waals surface area contributed by atoms with Gasteiger partial charge in [-0.25, -0.2) is 14.8 Å². The predicted octanol–water partition coefficient (Wildman–Crippen LogP) is 2.80. The van der Waals surface area contributed by atoms with Gasteiger partial charge in [0.1, 0.15) is 6.33 Å². The first-order chi connectivity index (χ1) is 13.2. The van der Waals surface area contributed by atoms with Gasteiger partial charge in [0.15, 0.2) is 11.6 Å². The lowest BCUT2D eigenvalue weighted by Crippen LogP contribution is -2.22. The summed E-state index contributed by atoms with van der Waals surface area (Å²) in [4.78, 5) is 22.5. The zero-order valence-electron chi connectivity index (χ0n) is 14.4. The van der Waals surface area contributed by atoms with Crippen LogP contribution in [0.5, 0.6) is 0 Å². The lowest BCUT2D eigenvalue weighted by atomic mass is 10.0. The highest BCUT2D eigenvalue weighted by molar-refractivity contribution is 5.65. The third-order valence-corrected chi connectivity index (χ3v) is 3.63. The number of amides is 1. The van der Waals surface area contributed by atoms with Gasteiger partial charge in [-0.05, 0) is 11.6 Å². The Morgan fingerprint density at radius 3 is 2.68 bits per heavy atom. The highest BCUT2D eigenvalue weighted by atomic mass is 19.4. The lowest BCUT2D eigenvalue weighted by molar-refractivity contribution is -0.138. The summed E-state index contributed by atoms with van der Waals surface area (Å²) in [6, 6.07) is 5.12. The zero-order chi connectivity index (χ0) is 20.3. The summed E-state index contributed by atoms with van der Waals surface area (Å²) >= 11 is 0. The molecule has 0 unspecified atom stereocenters. The number of carbonyl (C=O) groups is 1. The molecule has 3 rings (SSSR count). The summed E-state index contributed by atoms with van der Waals surface area (Å²) in [5.41, 5.74) is -1.07. The molecular formula is C16H14F3N7O2. The van der Waals surface area contributed by atoms with Crippen LogP contribution in [-0.2, 0) is 19.8 Å². The standard InChI is InChI=1S/C16H14F3N7O2/c1-26-5-4-12(25-26)23-14-22-8-21-13(24-14)9-2-3-10(7-20-15(27)28)11(6-9)16(17,18)19/h2-6,8,20H,7H2,1H3,(H,27,28)(H,21,22,23,24,25). The quantitative estimate of drug-likeness (QED) is 0.610. The SMILES string of the molecule is Cn1ccc(Nc2ncnc(-c3ccc(CNC(=O)O)c(C(F)(F)F)c3)n2)n1. The number of alkyl halides is 3. The van der Waals surface area contributed by atoms with Crippen molar-refractivity contribution in [1.29, 1.82) is 0 Å². The Bertz CT molecular complexity index is 1000. The highest BCUT2D eigenvalue weighted by Crippen LogP contribution is 2.34. The Kier molecular flexibility index (Phi) is 5.11. The van der Waals surface area contributed by atoms with Crippen LogP contribution in [0.1, 0.15) is 11.1 Å². The van der Waals surface area contributed by atoms with E-state index in [1.165, 1.54) is 18.5 Å². The zero-order valence-corrected chi connectivity index (χ0v) is 14.4. The molecule has 0 bridgehead atoms. The fourth-order valence-electron chi connectivity index (χ4n) is 2.40. The van der Waals surface area contributed by atoms with Crippen LogP contribution in [0, 0.1) is 0 Å². The molecule has 0 aliphatic heterocycles. The number of benzene rings is 1. The Morgan fingerprint density at radius 1 is 1.25 bits per heavy atom. The molecule has 1 aromatic carbocycles. The number of halogens is 3. The maximum atomic E-state index is 13.4.